The fraction of sp³-hybridized carbons (Fsp3) is 0.278. The summed E-state index contributed by atoms with van der Waals surface area (Å²) in [5.41, 5.74) is 0.960. The highest BCUT2D eigenvalue weighted by atomic mass is 35.5. The summed E-state index contributed by atoms with van der Waals surface area (Å²) in [7, 11) is 2.01. The molecule has 25 heavy (non-hydrogen) atoms. The van der Waals surface area contributed by atoms with E-state index in [2.05, 4.69) is 22.3 Å². The van der Waals surface area contributed by atoms with Crippen LogP contribution in [0.3, 0.4) is 0 Å². The van der Waals surface area contributed by atoms with E-state index in [1.165, 1.54) is 23.8 Å². The van der Waals surface area contributed by atoms with Crippen LogP contribution in [0, 0.1) is 10.1 Å². The third kappa shape index (κ3) is 5.85. The van der Waals surface area contributed by atoms with Crippen LogP contribution in [-0.2, 0) is 6.54 Å². The number of rotatable bonds is 8. The average molecular weight is 362 g/mol. The van der Waals surface area contributed by atoms with Gasteiger partial charge in [-0.1, -0.05) is 41.9 Å². The molecule has 0 aliphatic heterocycles. The fourth-order valence-electron chi connectivity index (χ4n) is 2.47. The number of benzene rings is 2. The van der Waals surface area contributed by atoms with E-state index in [0.29, 0.717) is 11.6 Å². The second-order valence-electron chi connectivity index (χ2n) is 5.75. The number of halogens is 1. The Morgan fingerprint density at radius 2 is 1.96 bits per heavy atom. The number of nitro groups is 1. The van der Waals surface area contributed by atoms with Crippen LogP contribution in [0.1, 0.15) is 22.3 Å². The maximum absolute atomic E-state index is 12.2. The summed E-state index contributed by atoms with van der Waals surface area (Å²) >= 11 is 5.84. The van der Waals surface area contributed by atoms with Gasteiger partial charge >= 0.3 is 0 Å². The van der Waals surface area contributed by atoms with Gasteiger partial charge in [-0.05, 0) is 37.7 Å². The van der Waals surface area contributed by atoms with E-state index < -0.39 is 10.8 Å². The number of nitrogens with zero attached hydrogens (tertiary/aromatic N) is 2. The third-order valence-electron chi connectivity index (χ3n) is 3.70. The summed E-state index contributed by atoms with van der Waals surface area (Å²) in [6.07, 6.45) is 0.740. The van der Waals surface area contributed by atoms with Crippen molar-refractivity contribution in [2.45, 2.75) is 13.0 Å². The molecule has 2 rings (SSSR count). The number of hydrogen-bond acceptors (Lipinski definition) is 4. The van der Waals surface area contributed by atoms with Gasteiger partial charge in [0.25, 0.3) is 11.6 Å². The SMILES string of the molecule is CN(CCCNC(=O)c1cc(Cl)ccc1[N+](=O)[O-])Cc1ccccc1. The normalized spacial score (nSPS) is 10.7. The number of nitro benzene ring substituents is 1. The quantitative estimate of drug-likeness (QED) is 0.443. The molecule has 1 N–H and O–H groups in total. The maximum Gasteiger partial charge on any atom is 0.282 e. The van der Waals surface area contributed by atoms with Crippen molar-refractivity contribution in [1.29, 1.82) is 0 Å². The number of carbonyl (C=O) groups excluding carboxylic acids is 1. The first-order valence-electron chi connectivity index (χ1n) is 7.92. The molecular weight excluding hydrogens is 342 g/mol. The second kappa shape index (κ2) is 9.15. The molecular formula is C18H20ClN3O3. The molecule has 0 aromatic heterocycles. The molecule has 2 aromatic rings. The molecule has 0 spiro atoms. The summed E-state index contributed by atoms with van der Waals surface area (Å²) < 4.78 is 0. The summed E-state index contributed by atoms with van der Waals surface area (Å²) in [4.78, 5) is 24.7. The minimum absolute atomic E-state index is 0.0184. The molecule has 132 valence electrons. The monoisotopic (exact) mass is 361 g/mol. The number of carbonyl (C=O) groups is 1. The zero-order valence-corrected chi connectivity index (χ0v) is 14.7. The Morgan fingerprint density at radius 1 is 1.24 bits per heavy atom. The van der Waals surface area contributed by atoms with Crippen molar-refractivity contribution in [3.05, 3.63) is 74.8 Å². The molecule has 0 fully saturated rings. The van der Waals surface area contributed by atoms with Crippen LogP contribution in [0.15, 0.2) is 48.5 Å². The van der Waals surface area contributed by atoms with E-state index >= 15 is 0 Å². The lowest BCUT2D eigenvalue weighted by molar-refractivity contribution is -0.385. The van der Waals surface area contributed by atoms with Gasteiger partial charge in [0.2, 0.25) is 0 Å². The van der Waals surface area contributed by atoms with Gasteiger partial charge in [0.15, 0.2) is 0 Å². The smallest absolute Gasteiger partial charge is 0.282 e. The van der Waals surface area contributed by atoms with Crippen LogP contribution in [0.5, 0.6) is 0 Å². The topological polar surface area (TPSA) is 75.5 Å². The minimum Gasteiger partial charge on any atom is -0.352 e. The first kappa shape index (κ1) is 18.9. The summed E-state index contributed by atoms with van der Waals surface area (Å²) in [5.74, 6) is -0.486. The molecule has 0 aliphatic rings. The van der Waals surface area contributed by atoms with E-state index in [1.807, 2.05) is 25.2 Å². The number of hydrogen-bond donors (Lipinski definition) is 1. The third-order valence-corrected chi connectivity index (χ3v) is 3.93. The lowest BCUT2D eigenvalue weighted by Gasteiger charge is -2.16. The Bertz CT molecular complexity index is 738. The molecule has 6 nitrogen and oxygen atoms in total. The van der Waals surface area contributed by atoms with Crippen molar-refractivity contribution in [2.24, 2.45) is 0 Å². The van der Waals surface area contributed by atoms with E-state index in [9.17, 15) is 14.9 Å². The Morgan fingerprint density at radius 3 is 2.64 bits per heavy atom. The van der Waals surface area contributed by atoms with Gasteiger partial charge < -0.3 is 10.2 Å². The van der Waals surface area contributed by atoms with Gasteiger partial charge in [-0.3, -0.25) is 14.9 Å². The highest BCUT2D eigenvalue weighted by molar-refractivity contribution is 6.31. The Labute approximate surface area is 151 Å². The standard InChI is InChI=1S/C18H20ClN3O3/c1-21(13-14-6-3-2-4-7-14)11-5-10-20-18(23)16-12-15(19)8-9-17(16)22(24)25/h2-4,6-9,12H,5,10-11,13H2,1H3,(H,20,23). The zero-order valence-electron chi connectivity index (χ0n) is 13.9. The van der Waals surface area contributed by atoms with Crippen LogP contribution in [-0.4, -0.2) is 35.9 Å². The molecule has 7 heteroatoms. The molecule has 0 radical (unpaired) electrons. The van der Waals surface area contributed by atoms with Crippen molar-refractivity contribution in [2.75, 3.05) is 20.1 Å². The van der Waals surface area contributed by atoms with Crippen molar-refractivity contribution >= 4 is 23.2 Å². The second-order valence-corrected chi connectivity index (χ2v) is 6.19. The largest absolute Gasteiger partial charge is 0.352 e. The summed E-state index contributed by atoms with van der Waals surface area (Å²) in [6.45, 7) is 2.06. The lowest BCUT2D eigenvalue weighted by Crippen LogP contribution is -2.28. The Hall–Kier alpha value is -2.44. The van der Waals surface area contributed by atoms with Gasteiger partial charge in [0.05, 0.1) is 4.92 Å². The van der Waals surface area contributed by atoms with Gasteiger partial charge in [0.1, 0.15) is 5.56 Å². The molecule has 0 atom stereocenters. The van der Waals surface area contributed by atoms with E-state index in [0.717, 1.165) is 19.5 Å². The van der Waals surface area contributed by atoms with E-state index in [-0.39, 0.29) is 11.3 Å². The van der Waals surface area contributed by atoms with Crippen molar-refractivity contribution in [3.63, 3.8) is 0 Å². The average Bonchev–Trinajstić information content (AvgIpc) is 2.59. The van der Waals surface area contributed by atoms with Gasteiger partial charge in [0, 0.05) is 24.2 Å². The Balaban J connectivity index is 1.81. The molecule has 0 bridgehead atoms. The van der Waals surface area contributed by atoms with Crippen LogP contribution >= 0.6 is 11.6 Å². The fourth-order valence-corrected chi connectivity index (χ4v) is 2.64. The molecule has 0 heterocycles. The highest BCUT2D eigenvalue weighted by Crippen LogP contribution is 2.22. The summed E-state index contributed by atoms with van der Waals surface area (Å²) in [6, 6.07) is 14.1. The molecule has 2 aromatic carbocycles. The van der Waals surface area contributed by atoms with Gasteiger partial charge in [-0.15, -0.1) is 0 Å². The number of amides is 1. The van der Waals surface area contributed by atoms with Crippen molar-refractivity contribution < 1.29 is 9.72 Å². The molecule has 0 saturated carbocycles. The first-order chi connectivity index (χ1) is 12.0. The van der Waals surface area contributed by atoms with E-state index in [1.54, 1.807) is 0 Å². The van der Waals surface area contributed by atoms with Crippen molar-refractivity contribution in [3.8, 4) is 0 Å². The maximum atomic E-state index is 12.2. The van der Waals surface area contributed by atoms with Crippen molar-refractivity contribution in [1.82, 2.24) is 10.2 Å². The number of nitrogens with one attached hydrogen (secondary N) is 1. The lowest BCUT2D eigenvalue weighted by atomic mass is 10.1. The molecule has 1 amide bonds. The predicted octanol–water partition coefficient (Wildman–Crippen LogP) is 3.50. The Kier molecular flexibility index (Phi) is 6.91. The first-order valence-corrected chi connectivity index (χ1v) is 8.30. The predicted molar refractivity (Wildman–Crippen MR) is 97.8 cm³/mol. The molecule has 0 aliphatic carbocycles. The zero-order chi connectivity index (χ0) is 18.2. The van der Waals surface area contributed by atoms with E-state index in [4.69, 9.17) is 11.6 Å². The van der Waals surface area contributed by atoms with Gasteiger partial charge in [-0.2, -0.15) is 0 Å². The van der Waals surface area contributed by atoms with Crippen LogP contribution < -0.4 is 5.32 Å². The minimum atomic E-state index is -0.584. The van der Waals surface area contributed by atoms with Gasteiger partial charge in [-0.25, -0.2) is 0 Å². The molecule has 0 unspecified atom stereocenters. The summed E-state index contributed by atoms with van der Waals surface area (Å²) in [5, 5.41) is 14.0. The molecule has 0 saturated heterocycles. The van der Waals surface area contributed by atoms with Crippen LogP contribution in [0.2, 0.25) is 5.02 Å². The van der Waals surface area contributed by atoms with Crippen LogP contribution in [0.25, 0.3) is 0 Å². The van der Waals surface area contributed by atoms with Crippen LogP contribution in [0.4, 0.5) is 5.69 Å². The highest BCUT2D eigenvalue weighted by Gasteiger charge is 2.20.